The molecule has 1 N–H and O–H groups in total. The van der Waals surface area contributed by atoms with E-state index in [0.29, 0.717) is 10.7 Å². The molecular formula is C21H21ClF2N4O2S. The second-order valence-corrected chi connectivity index (χ2v) is 9.94. The van der Waals surface area contributed by atoms with Crippen LogP contribution >= 0.6 is 11.6 Å². The van der Waals surface area contributed by atoms with Gasteiger partial charge in [-0.1, -0.05) is 11.6 Å². The Bertz CT molecular complexity index is 1100. The highest BCUT2D eigenvalue weighted by Crippen LogP contribution is 2.52. The van der Waals surface area contributed by atoms with Crippen molar-refractivity contribution in [2.24, 2.45) is 0 Å². The second kappa shape index (κ2) is 8.69. The van der Waals surface area contributed by atoms with Crippen LogP contribution in [0.4, 0.5) is 14.5 Å². The molecule has 1 aliphatic heterocycles. The lowest BCUT2D eigenvalue weighted by atomic mass is 9.88. The molecule has 2 aromatic rings. The molecule has 1 aliphatic carbocycles. The van der Waals surface area contributed by atoms with Crippen molar-refractivity contribution in [3.63, 3.8) is 0 Å². The molecule has 2 aliphatic rings. The summed E-state index contributed by atoms with van der Waals surface area (Å²) < 4.78 is 52.3. The first-order chi connectivity index (χ1) is 14.9. The van der Waals surface area contributed by atoms with Crippen LogP contribution < -0.4 is 9.62 Å². The Morgan fingerprint density at radius 2 is 2.00 bits per heavy atom. The van der Waals surface area contributed by atoms with Gasteiger partial charge in [-0.3, -0.25) is 4.98 Å². The molecule has 1 saturated carbocycles. The zero-order valence-electron chi connectivity index (χ0n) is 16.5. The number of benzene rings is 1. The van der Waals surface area contributed by atoms with Crippen LogP contribution in [-0.2, 0) is 10.0 Å². The lowest BCUT2D eigenvalue weighted by Crippen LogP contribution is -2.41. The van der Waals surface area contributed by atoms with E-state index in [2.05, 4.69) is 16.0 Å². The molecule has 2 unspecified atom stereocenters. The number of pyridine rings is 1. The van der Waals surface area contributed by atoms with Gasteiger partial charge in [-0.15, -0.1) is 0 Å². The minimum Gasteiger partial charge on any atom is -0.358 e. The zero-order chi connectivity index (χ0) is 22.2. The molecular weight excluding hydrogens is 446 g/mol. The predicted molar refractivity (Wildman–Crippen MR) is 113 cm³/mol. The molecule has 164 valence electrons. The molecule has 6 nitrogen and oxygen atoms in total. The maximum Gasteiger partial charge on any atom is 0.242 e. The summed E-state index contributed by atoms with van der Waals surface area (Å²) in [5.74, 6) is -0.509. The van der Waals surface area contributed by atoms with Gasteiger partial charge in [0.2, 0.25) is 10.0 Å². The third kappa shape index (κ3) is 4.00. The van der Waals surface area contributed by atoms with E-state index < -0.39 is 35.3 Å². The average Bonchev–Trinajstić information content (AvgIpc) is 3.04. The van der Waals surface area contributed by atoms with Crippen molar-refractivity contribution in [1.29, 1.82) is 5.26 Å². The van der Waals surface area contributed by atoms with E-state index in [1.54, 1.807) is 18.2 Å². The van der Waals surface area contributed by atoms with Crippen LogP contribution in [0, 0.1) is 11.3 Å². The van der Waals surface area contributed by atoms with Gasteiger partial charge in [0.1, 0.15) is 18.2 Å². The van der Waals surface area contributed by atoms with Gasteiger partial charge in [0.05, 0.1) is 29.8 Å². The molecule has 10 heteroatoms. The zero-order valence-corrected chi connectivity index (χ0v) is 18.1. The summed E-state index contributed by atoms with van der Waals surface area (Å²) in [5.41, 5.74) is 2.33. The molecule has 0 spiro atoms. The number of nitriles is 1. The van der Waals surface area contributed by atoms with Crippen LogP contribution in [0.1, 0.15) is 42.5 Å². The molecule has 31 heavy (non-hydrogen) atoms. The largest absolute Gasteiger partial charge is 0.358 e. The number of aromatic nitrogens is 1. The van der Waals surface area contributed by atoms with Gasteiger partial charge in [-0.05, 0) is 55.2 Å². The summed E-state index contributed by atoms with van der Waals surface area (Å²) in [4.78, 5) is 6.35. The minimum atomic E-state index is -4.11. The van der Waals surface area contributed by atoms with Crippen LogP contribution in [-0.4, -0.2) is 38.8 Å². The van der Waals surface area contributed by atoms with Crippen molar-refractivity contribution in [3.8, 4) is 6.07 Å². The first kappa shape index (κ1) is 21.9. The third-order valence-corrected chi connectivity index (χ3v) is 7.63. The van der Waals surface area contributed by atoms with Gasteiger partial charge < -0.3 is 4.90 Å². The van der Waals surface area contributed by atoms with Gasteiger partial charge in [-0.25, -0.2) is 21.9 Å². The van der Waals surface area contributed by atoms with Gasteiger partial charge >= 0.3 is 0 Å². The molecule has 1 aromatic carbocycles. The Balaban J connectivity index is 1.69. The topological polar surface area (TPSA) is 86.1 Å². The van der Waals surface area contributed by atoms with Gasteiger partial charge in [0, 0.05) is 22.9 Å². The summed E-state index contributed by atoms with van der Waals surface area (Å²) in [7, 11) is -4.11. The number of rotatable bonds is 7. The fraction of sp³-hybridized carbons (Fsp3) is 0.429. The second-order valence-electron chi connectivity index (χ2n) is 7.79. The van der Waals surface area contributed by atoms with Gasteiger partial charge in [-0.2, -0.15) is 5.26 Å². The van der Waals surface area contributed by atoms with Crippen LogP contribution in [0.2, 0.25) is 5.02 Å². The lowest BCUT2D eigenvalue weighted by Gasteiger charge is -2.41. The van der Waals surface area contributed by atoms with E-state index >= 15 is 0 Å². The SMILES string of the molecule is N#CC1c2cc(Cl)ccc2N(C2CCC2)C1c1ccc(S(=O)(=O)NC(CF)CF)cn1. The van der Waals surface area contributed by atoms with Gasteiger partial charge in [0.15, 0.2) is 0 Å². The van der Waals surface area contributed by atoms with Crippen molar-refractivity contribution >= 4 is 27.3 Å². The molecule has 2 atom stereocenters. The van der Waals surface area contributed by atoms with E-state index in [9.17, 15) is 22.5 Å². The molecule has 2 heterocycles. The Morgan fingerprint density at radius 1 is 1.26 bits per heavy atom. The fourth-order valence-electron chi connectivity index (χ4n) is 4.15. The Kier molecular flexibility index (Phi) is 6.15. The summed E-state index contributed by atoms with van der Waals surface area (Å²) in [6.45, 7) is -2.30. The van der Waals surface area contributed by atoms with Crippen molar-refractivity contribution in [3.05, 3.63) is 52.8 Å². The highest BCUT2D eigenvalue weighted by Gasteiger charge is 2.45. The molecule has 4 rings (SSSR count). The fourth-order valence-corrected chi connectivity index (χ4v) is 5.47. The van der Waals surface area contributed by atoms with E-state index in [1.807, 2.05) is 10.8 Å². The number of hydrogen-bond acceptors (Lipinski definition) is 5. The van der Waals surface area contributed by atoms with Crippen molar-refractivity contribution in [2.75, 3.05) is 18.2 Å². The summed E-state index contributed by atoms with van der Waals surface area (Å²) in [6, 6.07) is 9.23. The van der Waals surface area contributed by atoms with Crippen LogP contribution in [0.25, 0.3) is 0 Å². The molecule has 1 fully saturated rings. The summed E-state index contributed by atoms with van der Waals surface area (Å²) in [5, 5.41) is 10.5. The summed E-state index contributed by atoms with van der Waals surface area (Å²) >= 11 is 6.18. The predicted octanol–water partition coefficient (Wildman–Crippen LogP) is 4.04. The minimum absolute atomic E-state index is 0.189. The van der Waals surface area contributed by atoms with Gasteiger partial charge in [0.25, 0.3) is 0 Å². The van der Waals surface area contributed by atoms with E-state index in [0.717, 1.165) is 36.7 Å². The highest BCUT2D eigenvalue weighted by molar-refractivity contribution is 7.89. The molecule has 0 saturated heterocycles. The first-order valence-electron chi connectivity index (χ1n) is 9.97. The normalized spacial score (nSPS) is 21.1. The Labute approximate surface area is 184 Å². The quantitative estimate of drug-likeness (QED) is 0.665. The maximum atomic E-state index is 12.7. The van der Waals surface area contributed by atoms with E-state index in [4.69, 9.17) is 11.6 Å². The van der Waals surface area contributed by atoms with Crippen molar-refractivity contribution in [1.82, 2.24) is 9.71 Å². The molecule has 1 aromatic heterocycles. The summed E-state index contributed by atoms with van der Waals surface area (Å²) in [6.07, 6.45) is 4.27. The number of halogens is 3. The van der Waals surface area contributed by atoms with Crippen LogP contribution in [0.5, 0.6) is 0 Å². The number of alkyl halides is 2. The van der Waals surface area contributed by atoms with Crippen molar-refractivity contribution in [2.45, 2.75) is 48.2 Å². The smallest absolute Gasteiger partial charge is 0.242 e. The average molecular weight is 467 g/mol. The van der Waals surface area contributed by atoms with E-state index in [1.165, 1.54) is 6.07 Å². The monoisotopic (exact) mass is 466 g/mol. The highest BCUT2D eigenvalue weighted by atomic mass is 35.5. The number of sulfonamides is 1. The Morgan fingerprint density at radius 3 is 2.55 bits per heavy atom. The van der Waals surface area contributed by atoms with Crippen LogP contribution in [0.15, 0.2) is 41.4 Å². The van der Waals surface area contributed by atoms with Crippen molar-refractivity contribution < 1.29 is 17.2 Å². The lowest BCUT2D eigenvalue weighted by molar-refractivity contribution is 0.334. The number of anilines is 1. The number of nitrogens with one attached hydrogen (secondary N) is 1. The Hall–Kier alpha value is -2.28. The van der Waals surface area contributed by atoms with E-state index in [-0.39, 0.29) is 17.0 Å². The number of hydrogen-bond donors (Lipinski definition) is 1. The maximum absolute atomic E-state index is 12.7. The number of nitrogens with zero attached hydrogens (tertiary/aromatic N) is 3. The molecule has 0 bridgehead atoms. The standard InChI is InChI=1S/C21H21ClF2N4O2S/c22-13-4-7-20-17(8-13)18(11-25)21(28(20)15-2-1-3-15)19-6-5-16(12-26-19)31(29,30)27-14(9-23)10-24/h4-8,12,14-15,18,21,27H,1-3,9-10H2. The third-order valence-electron chi connectivity index (χ3n) is 5.89. The van der Waals surface area contributed by atoms with Crippen LogP contribution in [0.3, 0.4) is 0 Å². The number of fused-ring (bicyclic) bond motifs is 1. The molecule has 0 amide bonds. The first-order valence-corrected chi connectivity index (χ1v) is 11.8. The molecule has 0 radical (unpaired) electrons.